The van der Waals surface area contributed by atoms with Crippen molar-refractivity contribution >= 4 is 0 Å². The molecule has 1 aromatic carbocycles. The van der Waals surface area contributed by atoms with E-state index < -0.39 is 0 Å². The first-order valence-corrected chi connectivity index (χ1v) is 6.87. The molecule has 108 valence electrons. The van der Waals surface area contributed by atoms with Gasteiger partial charge in [-0.1, -0.05) is 35.5 Å². The number of nitrogens with zero attached hydrogens (tertiary/aromatic N) is 3. The average molecular weight is 274 g/mol. The van der Waals surface area contributed by atoms with E-state index in [-0.39, 0.29) is 0 Å². The second kappa shape index (κ2) is 7.17. The highest BCUT2D eigenvalue weighted by Crippen LogP contribution is 2.06. The second-order valence-electron chi connectivity index (χ2n) is 5.21. The minimum atomic E-state index is 0.474. The summed E-state index contributed by atoms with van der Waals surface area (Å²) in [5, 5.41) is 7.33. The number of hydrogen-bond donors (Lipinski definition) is 1. The van der Waals surface area contributed by atoms with Crippen molar-refractivity contribution in [1.82, 2.24) is 20.4 Å². The molecule has 0 aliphatic carbocycles. The topological polar surface area (TPSA) is 54.2 Å². The summed E-state index contributed by atoms with van der Waals surface area (Å²) in [5.74, 6) is 1.37. The standard InChI is InChI=1S/C15H22N4O/c1-12(19(2)3)10-16-11-15-17-14(18-20-15)9-13-7-5-4-6-8-13/h4-8,12,16H,9-11H2,1-3H3. The highest BCUT2D eigenvalue weighted by molar-refractivity contribution is 5.18. The van der Waals surface area contributed by atoms with E-state index in [0.29, 0.717) is 24.9 Å². The Balaban J connectivity index is 1.80. The van der Waals surface area contributed by atoms with Gasteiger partial charge in [0.05, 0.1) is 6.54 Å². The van der Waals surface area contributed by atoms with Crippen LogP contribution in [-0.2, 0) is 13.0 Å². The number of likely N-dealkylation sites (N-methyl/N-ethyl adjacent to an activating group) is 1. The average Bonchev–Trinajstić information content (AvgIpc) is 2.87. The zero-order valence-electron chi connectivity index (χ0n) is 12.3. The Kier molecular flexibility index (Phi) is 5.26. The molecule has 5 nitrogen and oxygen atoms in total. The van der Waals surface area contributed by atoms with Gasteiger partial charge in [0.25, 0.3) is 0 Å². The minimum Gasteiger partial charge on any atom is -0.338 e. The van der Waals surface area contributed by atoms with Crippen molar-refractivity contribution in [3.8, 4) is 0 Å². The van der Waals surface area contributed by atoms with Crippen molar-refractivity contribution in [2.24, 2.45) is 0 Å². The van der Waals surface area contributed by atoms with Gasteiger partial charge in [-0.05, 0) is 26.6 Å². The molecular formula is C15H22N4O. The fourth-order valence-corrected chi connectivity index (χ4v) is 1.78. The van der Waals surface area contributed by atoms with Crippen LogP contribution in [0.3, 0.4) is 0 Å². The zero-order valence-corrected chi connectivity index (χ0v) is 12.3. The van der Waals surface area contributed by atoms with Gasteiger partial charge in [-0.2, -0.15) is 4.98 Å². The van der Waals surface area contributed by atoms with Gasteiger partial charge in [0, 0.05) is 19.0 Å². The molecule has 0 fully saturated rings. The third-order valence-corrected chi connectivity index (χ3v) is 3.31. The predicted octanol–water partition coefficient (Wildman–Crippen LogP) is 1.70. The van der Waals surface area contributed by atoms with Gasteiger partial charge in [0.1, 0.15) is 0 Å². The van der Waals surface area contributed by atoms with Crippen LogP contribution < -0.4 is 5.32 Å². The lowest BCUT2D eigenvalue weighted by Gasteiger charge is -2.19. The molecule has 1 aromatic heterocycles. The summed E-state index contributed by atoms with van der Waals surface area (Å²) in [6.07, 6.45) is 0.707. The maximum absolute atomic E-state index is 5.24. The molecule has 5 heteroatoms. The fraction of sp³-hybridized carbons (Fsp3) is 0.467. The van der Waals surface area contributed by atoms with E-state index in [1.54, 1.807) is 0 Å². The van der Waals surface area contributed by atoms with Crippen LogP contribution in [0.4, 0.5) is 0 Å². The quantitative estimate of drug-likeness (QED) is 0.833. The van der Waals surface area contributed by atoms with Crippen LogP contribution in [0.5, 0.6) is 0 Å². The smallest absolute Gasteiger partial charge is 0.240 e. The van der Waals surface area contributed by atoms with Crippen molar-refractivity contribution < 1.29 is 4.52 Å². The number of benzene rings is 1. The third kappa shape index (κ3) is 4.43. The molecule has 20 heavy (non-hydrogen) atoms. The molecule has 1 atom stereocenters. The molecular weight excluding hydrogens is 252 g/mol. The lowest BCUT2D eigenvalue weighted by molar-refractivity contribution is 0.294. The third-order valence-electron chi connectivity index (χ3n) is 3.31. The summed E-state index contributed by atoms with van der Waals surface area (Å²) in [6.45, 7) is 3.67. The molecule has 1 N–H and O–H groups in total. The van der Waals surface area contributed by atoms with Crippen LogP contribution in [0.25, 0.3) is 0 Å². The maximum atomic E-state index is 5.24. The van der Waals surface area contributed by atoms with Gasteiger partial charge in [-0.15, -0.1) is 0 Å². The van der Waals surface area contributed by atoms with Gasteiger partial charge in [0.2, 0.25) is 5.89 Å². The summed E-state index contributed by atoms with van der Waals surface area (Å²) >= 11 is 0. The molecule has 0 aliphatic heterocycles. The van der Waals surface area contributed by atoms with Crippen molar-refractivity contribution in [3.63, 3.8) is 0 Å². The van der Waals surface area contributed by atoms with Crippen molar-refractivity contribution in [2.75, 3.05) is 20.6 Å². The van der Waals surface area contributed by atoms with E-state index in [2.05, 4.69) is 53.5 Å². The molecule has 0 saturated heterocycles. The molecule has 0 spiro atoms. The van der Waals surface area contributed by atoms with E-state index in [1.165, 1.54) is 5.56 Å². The number of nitrogens with one attached hydrogen (secondary N) is 1. The Bertz CT molecular complexity index is 510. The molecule has 2 aromatic rings. The summed E-state index contributed by atoms with van der Waals surface area (Å²) in [6, 6.07) is 10.6. The van der Waals surface area contributed by atoms with Gasteiger partial charge < -0.3 is 14.7 Å². The molecule has 0 bridgehead atoms. The van der Waals surface area contributed by atoms with Crippen LogP contribution in [0, 0.1) is 0 Å². The van der Waals surface area contributed by atoms with Gasteiger partial charge in [0.15, 0.2) is 5.82 Å². The Morgan fingerprint density at radius 2 is 2.00 bits per heavy atom. The Labute approximate surface area is 120 Å². The first-order chi connectivity index (χ1) is 9.65. The van der Waals surface area contributed by atoms with Crippen molar-refractivity contribution in [1.29, 1.82) is 0 Å². The van der Waals surface area contributed by atoms with Gasteiger partial charge >= 0.3 is 0 Å². The van der Waals surface area contributed by atoms with E-state index in [1.807, 2.05) is 18.2 Å². The number of aromatic nitrogens is 2. The van der Waals surface area contributed by atoms with E-state index in [9.17, 15) is 0 Å². The Morgan fingerprint density at radius 1 is 1.25 bits per heavy atom. The molecule has 0 aliphatic rings. The van der Waals surface area contributed by atoms with E-state index in [0.717, 1.165) is 12.4 Å². The molecule has 2 rings (SSSR count). The monoisotopic (exact) mass is 274 g/mol. The number of rotatable bonds is 7. The van der Waals surface area contributed by atoms with Crippen LogP contribution in [0.15, 0.2) is 34.9 Å². The van der Waals surface area contributed by atoms with E-state index >= 15 is 0 Å². The van der Waals surface area contributed by atoms with E-state index in [4.69, 9.17) is 4.52 Å². The summed E-state index contributed by atoms with van der Waals surface area (Å²) in [4.78, 5) is 6.56. The minimum absolute atomic E-state index is 0.474. The zero-order chi connectivity index (χ0) is 14.4. The summed E-state index contributed by atoms with van der Waals surface area (Å²) < 4.78 is 5.24. The molecule has 1 unspecified atom stereocenters. The Morgan fingerprint density at radius 3 is 2.70 bits per heavy atom. The van der Waals surface area contributed by atoms with Gasteiger partial charge in [-0.3, -0.25) is 0 Å². The van der Waals surface area contributed by atoms with Crippen LogP contribution in [0.2, 0.25) is 0 Å². The largest absolute Gasteiger partial charge is 0.338 e. The maximum Gasteiger partial charge on any atom is 0.240 e. The van der Waals surface area contributed by atoms with Crippen LogP contribution >= 0.6 is 0 Å². The lowest BCUT2D eigenvalue weighted by atomic mass is 10.1. The van der Waals surface area contributed by atoms with Crippen LogP contribution in [-0.4, -0.2) is 41.7 Å². The SMILES string of the molecule is CC(CNCc1nc(Cc2ccccc2)no1)N(C)C. The molecule has 0 saturated carbocycles. The second-order valence-corrected chi connectivity index (χ2v) is 5.21. The summed E-state index contributed by atoms with van der Waals surface area (Å²) in [7, 11) is 4.13. The molecule has 1 heterocycles. The van der Waals surface area contributed by atoms with Crippen molar-refractivity contribution in [2.45, 2.75) is 25.9 Å². The van der Waals surface area contributed by atoms with Crippen LogP contribution in [0.1, 0.15) is 24.2 Å². The molecule has 0 amide bonds. The molecule has 0 radical (unpaired) electrons. The lowest BCUT2D eigenvalue weighted by Crippen LogP contribution is -2.35. The summed E-state index contributed by atoms with van der Waals surface area (Å²) in [5.41, 5.74) is 1.19. The first-order valence-electron chi connectivity index (χ1n) is 6.87. The number of hydrogen-bond acceptors (Lipinski definition) is 5. The highest BCUT2D eigenvalue weighted by atomic mass is 16.5. The Hall–Kier alpha value is -1.72. The highest BCUT2D eigenvalue weighted by Gasteiger charge is 2.08. The van der Waals surface area contributed by atoms with Gasteiger partial charge in [-0.25, -0.2) is 0 Å². The predicted molar refractivity (Wildman–Crippen MR) is 78.4 cm³/mol. The van der Waals surface area contributed by atoms with Crippen molar-refractivity contribution in [3.05, 3.63) is 47.6 Å². The fourth-order valence-electron chi connectivity index (χ4n) is 1.78. The first kappa shape index (κ1) is 14.7. The normalized spacial score (nSPS) is 12.8.